The van der Waals surface area contributed by atoms with Gasteiger partial charge in [-0.2, -0.15) is 0 Å². The molecular formula is C15H23BrN4O. The first-order chi connectivity index (χ1) is 10.2. The van der Waals surface area contributed by atoms with Crippen molar-refractivity contribution in [3.05, 3.63) is 16.0 Å². The van der Waals surface area contributed by atoms with Crippen LogP contribution in [0.25, 0.3) is 0 Å². The third kappa shape index (κ3) is 3.22. The summed E-state index contributed by atoms with van der Waals surface area (Å²) in [5.41, 5.74) is 7.17. The van der Waals surface area contributed by atoms with Crippen LogP contribution in [0, 0.1) is 0 Å². The first-order valence-corrected chi connectivity index (χ1v) is 8.65. The summed E-state index contributed by atoms with van der Waals surface area (Å²) in [6, 6.07) is 0. The average Bonchev–Trinajstić information content (AvgIpc) is 3.04. The van der Waals surface area contributed by atoms with Gasteiger partial charge < -0.3 is 10.5 Å². The van der Waals surface area contributed by atoms with E-state index in [1.807, 2.05) is 0 Å². The molecule has 2 heterocycles. The summed E-state index contributed by atoms with van der Waals surface area (Å²) in [4.78, 5) is 11.6. The second-order valence-electron chi connectivity index (χ2n) is 5.90. The minimum absolute atomic E-state index is 0.0609. The van der Waals surface area contributed by atoms with Gasteiger partial charge in [0.25, 0.3) is 0 Å². The second-order valence-corrected chi connectivity index (χ2v) is 6.69. The third-order valence-corrected chi connectivity index (χ3v) is 5.36. The summed E-state index contributed by atoms with van der Waals surface area (Å²) in [7, 11) is 0. The zero-order valence-corrected chi connectivity index (χ0v) is 14.1. The SMILES string of the molecule is CCN1CCOC(c2nc(N)c(Br)c(C3CCCC3)n2)C1. The third-order valence-electron chi connectivity index (χ3n) is 4.55. The molecule has 1 saturated carbocycles. The molecule has 0 bridgehead atoms. The Kier molecular flexibility index (Phi) is 4.76. The van der Waals surface area contributed by atoms with Gasteiger partial charge in [0, 0.05) is 19.0 Å². The molecule has 1 aliphatic carbocycles. The minimum Gasteiger partial charge on any atom is -0.383 e. The Morgan fingerprint density at radius 3 is 2.81 bits per heavy atom. The second kappa shape index (κ2) is 6.58. The van der Waals surface area contributed by atoms with E-state index < -0.39 is 0 Å². The van der Waals surface area contributed by atoms with Crippen molar-refractivity contribution in [1.82, 2.24) is 14.9 Å². The molecule has 5 nitrogen and oxygen atoms in total. The lowest BCUT2D eigenvalue weighted by Gasteiger charge is -2.31. The normalized spacial score (nSPS) is 24.6. The van der Waals surface area contributed by atoms with E-state index in [9.17, 15) is 0 Å². The van der Waals surface area contributed by atoms with Crippen LogP contribution < -0.4 is 5.73 Å². The molecule has 1 unspecified atom stereocenters. The molecule has 0 spiro atoms. The van der Waals surface area contributed by atoms with Gasteiger partial charge in [0.05, 0.1) is 16.8 Å². The molecule has 0 amide bonds. The van der Waals surface area contributed by atoms with Crippen LogP contribution in [0.1, 0.15) is 56.1 Å². The van der Waals surface area contributed by atoms with Crippen LogP contribution in [0.15, 0.2) is 4.47 Å². The molecule has 6 heteroatoms. The number of hydrogen-bond acceptors (Lipinski definition) is 5. The Morgan fingerprint density at radius 2 is 2.10 bits per heavy atom. The highest BCUT2D eigenvalue weighted by Crippen LogP contribution is 2.38. The summed E-state index contributed by atoms with van der Waals surface area (Å²) in [6.07, 6.45) is 4.89. The van der Waals surface area contributed by atoms with Crippen molar-refractivity contribution in [2.24, 2.45) is 0 Å². The van der Waals surface area contributed by atoms with Crippen molar-refractivity contribution in [1.29, 1.82) is 0 Å². The van der Waals surface area contributed by atoms with E-state index in [1.165, 1.54) is 25.7 Å². The van der Waals surface area contributed by atoms with Crippen LogP contribution in [-0.4, -0.2) is 41.1 Å². The number of nitrogens with zero attached hydrogens (tertiary/aromatic N) is 3. The van der Waals surface area contributed by atoms with Gasteiger partial charge in [-0.25, -0.2) is 9.97 Å². The summed E-state index contributed by atoms with van der Waals surface area (Å²) < 4.78 is 6.75. The Labute approximate surface area is 134 Å². The van der Waals surface area contributed by atoms with Crippen LogP contribution in [0.5, 0.6) is 0 Å². The van der Waals surface area contributed by atoms with Crippen LogP contribution in [-0.2, 0) is 4.74 Å². The predicted octanol–water partition coefficient (Wildman–Crippen LogP) is 2.87. The minimum atomic E-state index is -0.0609. The van der Waals surface area contributed by atoms with Gasteiger partial charge in [-0.15, -0.1) is 0 Å². The van der Waals surface area contributed by atoms with Gasteiger partial charge in [0.1, 0.15) is 11.9 Å². The number of nitrogens with two attached hydrogens (primary N) is 1. The van der Waals surface area contributed by atoms with Gasteiger partial charge in [-0.3, -0.25) is 4.90 Å². The number of hydrogen-bond donors (Lipinski definition) is 1. The van der Waals surface area contributed by atoms with Crippen molar-refractivity contribution in [3.8, 4) is 0 Å². The number of likely N-dealkylation sites (N-methyl/N-ethyl adjacent to an activating group) is 1. The molecule has 1 saturated heterocycles. The molecule has 0 aromatic carbocycles. The van der Waals surface area contributed by atoms with Crippen molar-refractivity contribution in [3.63, 3.8) is 0 Å². The standard InChI is InChI=1S/C15H23BrN4O/c1-2-20-7-8-21-11(9-20)15-18-13(10-5-3-4-6-10)12(16)14(17)19-15/h10-11H,2-9H2,1H3,(H2,17,18,19). The first-order valence-electron chi connectivity index (χ1n) is 7.85. The van der Waals surface area contributed by atoms with E-state index in [0.29, 0.717) is 11.7 Å². The zero-order valence-electron chi connectivity index (χ0n) is 12.5. The van der Waals surface area contributed by atoms with Gasteiger partial charge in [-0.1, -0.05) is 19.8 Å². The highest BCUT2D eigenvalue weighted by Gasteiger charge is 2.28. The quantitative estimate of drug-likeness (QED) is 0.903. The van der Waals surface area contributed by atoms with Crippen molar-refractivity contribution in [2.45, 2.75) is 44.6 Å². The molecule has 1 aromatic heterocycles. The average molecular weight is 355 g/mol. The van der Waals surface area contributed by atoms with Gasteiger partial charge in [-0.05, 0) is 35.3 Å². The number of morpholine rings is 1. The Balaban J connectivity index is 1.88. The Hall–Kier alpha value is -0.720. The molecule has 2 N–H and O–H groups in total. The summed E-state index contributed by atoms with van der Waals surface area (Å²) in [6.45, 7) is 5.76. The highest BCUT2D eigenvalue weighted by atomic mass is 79.9. The predicted molar refractivity (Wildman–Crippen MR) is 86.2 cm³/mol. The largest absolute Gasteiger partial charge is 0.383 e. The Morgan fingerprint density at radius 1 is 1.33 bits per heavy atom. The molecule has 1 aliphatic heterocycles. The Bertz CT molecular complexity index is 505. The summed E-state index contributed by atoms with van der Waals surface area (Å²) in [5.74, 6) is 1.80. The van der Waals surface area contributed by atoms with Gasteiger partial charge in [0.2, 0.25) is 0 Å². The maximum Gasteiger partial charge on any atom is 0.161 e. The molecule has 21 heavy (non-hydrogen) atoms. The van der Waals surface area contributed by atoms with E-state index in [2.05, 4.69) is 32.7 Å². The number of halogens is 1. The summed E-state index contributed by atoms with van der Waals surface area (Å²) >= 11 is 3.57. The fourth-order valence-corrected chi connectivity index (χ4v) is 3.76. The topological polar surface area (TPSA) is 64.3 Å². The molecule has 3 rings (SSSR count). The van der Waals surface area contributed by atoms with Crippen molar-refractivity contribution in [2.75, 3.05) is 32.0 Å². The number of anilines is 1. The number of aromatic nitrogens is 2. The molecule has 2 aliphatic rings. The fourth-order valence-electron chi connectivity index (χ4n) is 3.26. The van der Waals surface area contributed by atoms with E-state index in [0.717, 1.165) is 42.2 Å². The molecule has 0 radical (unpaired) electrons. The lowest BCUT2D eigenvalue weighted by molar-refractivity contribution is -0.0326. The van der Waals surface area contributed by atoms with Crippen LogP contribution in [0.3, 0.4) is 0 Å². The van der Waals surface area contributed by atoms with Crippen LogP contribution in [0.2, 0.25) is 0 Å². The van der Waals surface area contributed by atoms with E-state index >= 15 is 0 Å². The number of ether oxygens (including phenoxy) is 1. The van der Waals surface area contributed by atoms with Gasteiger partial charge in [0.15, 0.2) is 5.82 Å². The molecule has 1 atom stereocenters. The van der Waals surface area contributed by atoms with Crippen molar-refractivity contribution >= 4 is 21.7 Å². The lowest BCUT2D eigenvalue weighted by Crippen LogP contribution is -2.38. The zero-order chi connectivity index (χ0) is 14.8. The lowest BCUT2D eigenvalue weighted by atomic mass is 10.0. The molecule has 116 valence electrons. The van der Waals surface area contributed by atoms with Gasteiger partial charge >= 0.3 is 0 Å². The van der Waals surface area contributed by atoms with Crippen LogP contribution in [0.4, 0.5) is 5.82 Å². The van der Waals surface area contributed by atoms with E-state index in [1.54, 1.807) is 0 Å². The first kappa shape index (κ1) is 15.2. The monoisotopic (exact) mass is 354 g/mol. The smallest absolute Gasteiger partial charge is 0.161 e. The fraction of sp³-hybridized carbons (Fsp3) is 0.733. The van der Waals surface area contributed by atoms with Crippen molar-refractivity contribution < 1.29 is 4.74 Å². The van der Waals surface area contributed by atoms with E-state index in [4.69, 9.17) is 15.5 Å². The summed E-state index contributed by atoms with van der Waals surface area (Å²) in [5, 5.41) is 0. The molecule has 2 fully saturated rings. The number of nitrogen functional groups attached to an aromatic ring is 1. The van der Waals surface area contributed by atoms with Crippen LogP contribution >= 0.6 is 15.9 Å². The van der Waals surface area contributed by atoms with E-state index in [-0.39, 0.29) is 6.10 Å². The maximum atomic E-state index is 6.10. The molecule has 1 aromatic rings. The molecular weight excluding hydrogens is 332 g/mol. The maximum absolute atomic E-state index is 6.10. The highest BCUT2D eigenvalue weighted by molar-refractivity contribution is 9.10. The number of rotatable bonds is 3.